The Morgan fingerprint density at radius 1 is 0.812 bits per heavy atom. The second-order valence-corrected chi connectivity index (χ2v) is 7.56. The third-order valence-corrected chi connectivity index (χ3v) is 4.84. The van der Waals surface area contributed by atoms with Gasteiger partial charge >= 0.3 is 0 Å². The minimum atomic E-state index is -0.250. The van der Waals surface area contributed by atoms with E-state index >= 15 is 0 Å². The molecule has 2 heterocycles. The van der Waals surface area contributed by atoms with Gasteiger partial charge in [0.1, 0.15) is 17.1 Å². The molecule has 32 heavy (non-hydrogen) atoms. The van der Waals surface area contributed by atoms with E-state index < -0.39 is 0 Å². The van der Waals surface area contributed by atoms with E-state index in [1.165, 1.54) is 5.56 Å². The number of aromatic nitrogens is 3. The zero-order chi connectivity index (χ0) is 22.7. The van der Waals surface area contributed by atoms with Gasteiger partial charge in [0.05, 0.1) is 5.69 Å². The summed E-state index contributed by atoms with van der Waals surface area (Å²) in [5, 5.41) is 13.2. The van der Waals surface area contributed by atoms with Crippen molar-refractivity contribution >= 4 is 34.7 Å². The molecule has 4 rings (SSSR count). The number of nitrogens with one attached hydrogen (secondary N) is 3. The van der Waals surface area contributed by atoms with Crippen molar-refractivity contribution in [3.8, 4) is 0 Å². The van der Waals surface area contributed by atoms with Crippen LogP contribution in [0.1, 0.15) is 33.1 Å². The number of carbonyl (C=O) groups excluding carboxylic acids is 1. The van der Waals surface area contributed by atoms with Crippen molar-refractivity contribution in [3.63, 3.8) is 0 Å². The van der Waals surface area contributed by atoms with Gasteiger partial charge in [-0.2, -0.15) is 4.98 Å². The smallest absolute Gasteiger partial charge is 0.261 e. The molecular formula is C24H24N6O2. The predicted octanol–water partition coefficient (Wildman–Crippen LogP) is 5.44. The molecule has 0 atom stereocenters. The molecule has 0 spiro atoms. The van der Waals surface area contributed by atoms with E-state index in [-0.39, 0.29) is 5.91 Å². The fourth-order valence-corrected chi connectivity index (χ4v) is 3.24. The van der Waals surface area contributed by atoms with Gasteiger partial charge in [0, 0.05) is 28.8 Å². The van der Waals surface area contributed by atoms with E-state index in [1.807, 2.05) is 68.4 Å². The average molecular weight is 428 g/mol. The summed E-state index contributed by atoms with van der Waals surface area (Å²) in [5.74, 6) is 1.42. The number of benzene rings is 2. The molecule has 162 valence electrons. The molecular weight excluding hydrogens is 404 g/mol. The SMILES string of the molecule is Cc1ccc(Nc2nc(C)cc(Nc3ccc(NC(=O)c4c(C)noc4C)cc3)n2)cc1. The van der Waals surface area contributed by atoms with E-state index in [1.54, 1.807) is 13.8 Å². The molecule has 2 aromatic heterocycles. The first-order valence-electron chi connectivity index (χ1n) is 10.2. The van der Waals surface area contributed by atoms with Crippen LogP contribution < -0.4 is 16.0 Å². The fraction of sp³-hybridized carbons (Fsp3) is 0.167. The van der Waals surface area contributed by atoms with Crippen LogP contribution in [-0.4, -0.2) is 21.0 Å². The summed E-state index contributed by atoms with van der Waals surface area (Å²) in [5.41, 5.74) is 5.46. The van der Waals surface area contributed by atoms with Crippen molar-refractivity contribution in [3.05, 3.63) is 82.9 Å². The van der Waals surface area contributed by atoms with Crippen LogP contribution in [0.4, 0.5) is 28.8 Å². The van der Waals surface area contributed by atoms with Gasteiger partial charge in [-0.1, -0.05) is 22.9 Å². The van der Waals surface area contributed by atoms with E-state index in [0.29, 0.717) is 34.5 Å². The van der Waals surface area contributed by atoms with Crippen LogP contribution in [0.3, 0.4) is 0 Å². The highest BCUT2D eigenvalue weighted by Gasteiger charge is 2.17. The highest BCUT2D eigenvalue weighted by molar-refractivity contribution is 6.05. The summed E-state index contributed by atoms with van der Waals surface area (Å²) in [7, 11) is 0. The van der Waals surface area contributed by atoms with Gasteiger partial charge < -0.3 is 20.5 Å². The number of nitrogens with zero attached hydrogens (tertiary/aromatic N) is 3. The Balaban J connectivity index is 1.44. The van der Waals surface area contributed by atoms with Gasteiger partial charge in [0.2, 0.25) is 5.95 Å². The molecule has 1 amide bonds. The maximum absolute atomic E-state index is 12.5. The van der Waals surface area contributed by atoms with Crippen molar-refractivity contribution < 1.29 is 9.32 Å². The number of amides is 1. The van der Waals surface area contributed by atoms with Crippen LogP contribution in [-0.2, 0) is 0 Å². The summed E-state index contributed by atoms with van der Waals surface area (Å²) in [4.78, 5) is 21.5. The summed E-state index contributed by atoms with van der Waals surface area (Å²) in [6, 6.07) is 17.3. The van der Waals surface area contributed by atoms with Crippen LogP contribution in [0.15, 0.2) is 59.1 Å². The van der Waals surface area contributed by atoms with Gasteiger partial charge in [-0.25, -0.2) is 4.98 Å². The normalized spacial score (nSPS) is 10.6. The molecule has 8 heteroatoms. The van der Waals surface area contributed by atoms with E-state index in [2.05, 4.69) is 31.1 Å². The first-order valence-corrected chi connectivity index (χ1v) is 10.2. The second-order valence-electron chi connectivity index (χ2n) is 7.56. The maximum Gasteiger partial charge on any atom is 0.261 e. The Bertz CT molecular complexity index is 1230. The van der Waals surface area contributed by atoms with Crippen molar-refractivity contribution in [2.45, 2.75) is 27.7 Å². The number of hydrogen-bond acceptors (Lipinski definition) is 7. The maximum atomic E-state index is 12.5. The molecule has 0 radical (unpaired) electrons. The zero-order valence-corrected chi connectivity index (χ0v) is 18.4. The molecule has 0 saturated carbocycles. The van der Waals surface area contributed by atoms with Gasteiger partial charge in [-0.3, -0.25) is 4.79 Å². The minimum absolute atomic E-state index is 0.250. The summed E-state index contributed by atoms with van der Waals surface area (Å²) in [6.07, 6.45) is 0. The topological polar surface area (TPSA) is 105 Å². The van der Waals surface area contributed by atoms with Crippen LogP contribution in [0.5, 0.6) is 0 Å². The molecule has 0 unspecified atom stereocenters. The van der Waals surface area contributed by atoms with E-state index in [9.17, 15) is 4.79 Å². The average Bonchev–Trinajstić information content (AvgIpc) is 3.09. The number of aryl methyl sites for hydroxylation is 4. The fourth-order valence-electron chi connectivity index (χ4n) is 3.24. The molecule has 0 aliphatic rings. The molecule has 0 bridgehead atoms. The van der Waals surface area contributed by atoms with Crippen LogP contribution in [0, 0.1) is 27.7 Å². The molecule has 0 aliphatic carbocycles. The third kappa shape index (κ3) is 4.92. The quantitative estimate of drug-likeness (QED) is 0.376. The monoisotopic (exact) mass is 428 g/mol. The Kier molecular flexibility index (Phi) is 5.85. The lowest BCUT2D eigenvalue weighted by Gasteiger charge is -2.11. The van der Waals surface area contributed by atoms with Gasteiger partial charge in [-0.05, 0) is 64.1 Å². The number of hydrogen-bond donors (Lipinski definition) is 3. The lowest BCUT2D eigenvalue weighted by Crippen LogP contribution is -2.13. The molecule has 3 N–H and O–H groups in total. The summed E-state index contributed by atoms with van der Waals surface area (Å²) in [6.45, 7) is 7.42. The Morgan fingerprint density at radius 2 is 1.44 bits per heavy atom. The van der Waals surface area contributed by atoms with Crippen molar-refractivity contribution in [2.75, 3.05) is 16.0 Å². The number of carbonyl (C=O) groups is 1. The van der Waals surface area contributed by atoms with Crippen molar-refractivity contribution in [1.29, 1.82) is 0 Å². The summed E-state index contributed by atoms with van der Waals surface area (Å²) >= 11 is 0. The first-order chi connectivity index (χ1) is 15.4. The Hall–Kier alpha value is -4.20. The number of rotatable bonds is 6. The standard InChI is InChI=1S/C24H24N6O2/c1-14-5-7-20(8-6-14)28-24-25-15(2)13-21(29-24)26-18-9-11-19(12-10-18)27-23(31)22-16(3)30-32-17(22)4/h5-13H,1-4H3,(H,27,31)(H2,25,26,28,29). The van der Waals surface area contributed by atoms with Crippen molar-refractivity contribution in [1.82, 2.24) is 15.1 Å². The largest absolute Gasteiger partial charge is 0.361 e. The van der Waals surface area contributed by atoms with Crippen LogP contribution >= 0.6 is 0 Å². The highest BCUT2D eigenvalue weighted by atomic mass is 16.5. The van der Waals surface area contributed by atoms with Crippen molar-refractivity contribution in [2.24, 2.45) is 0 Å². The summed E-state index contributed by atoms with van der Waals surface area (Å²) < 4.78 is 5.06. The lowest BCUT2D eigenvalue weighted by molar-refractivity contribution is 0.102. The molecule has 4 aromatic rings. The van der Waals surface area contributed by atoms with Gasteiger partial charge in [0.15, 0.2) is 0 Å². The first kappa shape index (κ1) is 21.0. The van der Waals surface area contributed by atoms with Crippen LogP contribution in [0.2, 0.25) is 0 Å². The minimum Gasteiger partial charge on any atom is -0.361 e. The predicted molar refractivity (Wildman–Crippen MR) is 125 cm³/mol. The Labute approximate surface area is 186 Å². The zero-order valence-electron chi connectivity index (χ0n) is 18.4. The Morgan fingerprint density at radius 3 is 2.09 bits per heavy atom. The molecule has 0 saturated heterocycles. The van der Waals surface area contributed by atoms with E-state index in [4.69, 9.17) is 4.52 Å². The van der Waals surface area contributed by atoms with Gasteiger partial charge in [0.25, 0.3) is 5.91 Å². The molecule has 0 aliphatic heterocycles. The number of anilines is 5. The molecule has 8 nitrogen and oxygen atoms in total. The molecule has 0 fully saturated rings. The third-order valence-electron chi connectivity index (χ3n) is 4.84. The lowest BCUT2D eigenvalue weighted by atomic mass is 10.2. The highest BCUT2D eigenvalue weighted by Crippen LogP contribution is 2.22. The van der Waals surface area contributed by atoms with Gasteiger partial charge in [-0.15, -0.1) is 0 Å². The second kappa shape index (κ2) is 8.89. The molecule has 2 aromatic carbocycles. The van der Waals surface area contributed by atoms with Crippen LogP contribution in [0.25, 0.3) is 0 Å². The van der Waals surface area contributed by atoms with E-state index in [0.717, 1.165) is 17.1 Å².